The second-order valence-corrected chi connectivity index (χ2v) is 22.7. The smallest absolute Gasteiger partial charge is 0.191 e. The summed E-state index contributed by atoms with van der Waals surface area (Å²) in [6.07, 6.45) is 5.96. The van der Waals surface area contributed by atoms with Gasteiger partial charge in [-0.1, -0.05) is 70.7 Å². The van der Waals surface area contributed by atoms with Gasteiger partial charge in [-0.3, -0.25) is 0 Å². The van der Waals surface area contributed by atoms with E-state index >= 15 is 0 Å². The van der Waals surface area contributed by atoms with Crippen LogP contribution in [0.4, 0.5) is 0 Å². The van der Waals surface area contributed by atoms with E-state index < -0.39 is 16.4 Å². The zero-order valence-corrected chi connectivity index (χ0v) is 25.0. The Balaban J connectivity index is 2.01. The van der Waals surface area contributed by atoms with Crippen LogP contribution in [0.25, 0.3) is 0 Å². The molecule has 1 aromatic carbocycles. The van der Waals surface area contributed by atoms with Gasteiger partial charge in [-0.25, -0.2) is 4.68 Å². The largest absolute Gasteiger partial charge is 0.416 e. The number of nitrogens with zero attached hydrogens (tertiary/aromatic N) is 2. The molecule has 0 aliphatic rings. The van der Waals surface area contributed by atoms with Crippen molar-refractivity contribution in [1.29, 1.82) is 0 Å². The van der Waals surface area contributed by atoms with Gasteiger partial charge in [0, 0.05) is 33.5 Å². The predicted octanol–water partition coefficient (Wildman–Crippen LogP) is 6.78. The molecule has 192 valence electrons. The van der Waals surface area contributed by atoms with Gasteiger partial charge in [0.25, 0.3) is 0 Å². The molecule has 2 N–H and O–H groups in total. The normalized spacial score (nSPS) is 13.9. The summed E-state index contributed by atoms with van der Waals surface area (Å²) in [7, 11) is -2.88. The Morgan fingerprint density at radius 1 is 1.00 bits per heavy atom. The number of aryl methyl sites for hydroxylation is 1. The molecule has 2 rings (SSSR count). The number of benzene rings is 1. The highest BCUT2D eigenvalue weighted by atomic mass is 28.4. The van der Waals surface area contributed by atoms with E-state index in [0.717, 1.165) is 44.0 Å². The van der Waals surface area contributed by atoms with Gasteiger partial charge >= 0.3 is 0 Å². The third-order valence-corrected chi connectivity index (χ3v) is 13.1. The first-order chi connectivity index (χ1) is 15.8. The molecule has 1 unspecified atom stereocenters. The quantitative estimate of drug-likeness (QED) is 0.228. The van der Waals surface area contributed by atoms with Gasteiger partial charge in [-0.15, -0.1) is 0 Å². The fourth-order valence-corrected chi connectivity index (χ4v) is 5.33. The van der Waals surface area contributed by atoms with Crippen molar-refractivity contribution in [3.63, 3.8) is 0 Å². The summed E-state index contributed by atoms with van der Waals surface area (Å²) in [6, 6.07) is 11.7. The van der Waals surface area contributed by atoms with Crippen LogP contribution in [0.5, 0.6) is 0 Å². The van der Waals surface area contributed by atoms with E-state index in [9.17, 15) is 0 Å². The van der Waals surface area contributed by atoms with Crippen molar-refractivity contribution in [1.82, 2.24) is 9.78 Å². The lowest BCUT2D eigenvalue weighted by molar-refractivity contribution is 0.0781. The summed E-state index contributed by atoms with van der Waals surface area (Å²) >= 11 is 0. The summed E-state index contributed by atoms with van der Waals surface area (Å²) in [4.78, 5) is 0. The van der Waals surface area contributed by atoms with Gasteiger partial charge in [-0.2, -0.15) is 5.10 Å². The van der Waals surface area contributed by atoms with Crippen LogP contribution in [0.3, 0.4) is 0 Å². The lowest BCUT2D eigenvalue weighted by atomic mass is 10.0. The van der Waals surface area contributed by atoms with E-state index in [1.165, 1.54) is 11.1 Å². The van der Waals surface area contributed by atoms with Gasteiger partial charge in [0.2, 0.25) is 0 Å². The third kappa shape index (κ3) is 9.78. The van der Waals surface area contributed by atoms with Crippen LogP contribution < -0.4 is 5.73 Å². The highest BCUT2D eigenvalue weighted by molar-refractivity contribution is 6.76. The predicted molar refractivity (Wildman–Crippen MR) is 149 cm³/mol. The molecule has 5 nitrogen and oxygen atoms in total. The summed E-state index contributed by atoms with van der Waals surface area (Å²) in [5.74, 6) is 0. The topological polar surface area (TPSA) is 62.3 Å². The van der Waals surface area contributed by atoms with E-state index in [0.29, 0.717) is 13.3 Å². The van der Waals surface area contributed by atoms with Crippen molar-refractivity contribution in [2.24, 2.45) is 5.73 Å². The first-order valence-corrected chi connectivity index (χ1v) is 19.5. The highest BCUT2D eigenvalue weighted by Gasteiger charge is 2.37. The number of hydrogen-bond acceptors (Lipinski definition) is 4. The molecule has 0 spiro atoms. The molecule has 0 amide bonds. The van der Waals surface area contributed by atoms with Crippen molar-refractivity contribution in [2.45, 2.75) is 103 Å². The molecule has 0 saturated heterocycles. The zero-order chi connectivity index (χ0) is 25.4. The average Bonchev–Trinajstić information content (AvgIpc) is 3.13. The van der Waals surface area contributed by atoms with Gasteiger partial charge in [0.1, 0.15) is 6.73 Å². The lowest BCUT2D eigenvalue weighted by Crippen LogP contribution is -2.41. The molecule has 0 aliphatic carbocycles. The maximum atomic E-state index is 6.67. The number of hydrogen-bond donors (Lipinski definition) is 1. The van der Waals surface area contributed by atoms with E-state index in [2.05, 4.69) is 90.0 Å². The summed E-state index contributed by atoms with van der Waals surface area (Å²) in [6.45, 7) is 20.6. The van der Waals surface area contributed by atoms with Crippen molar-refractivity contribution < 1.29 is 9.16 Å². The van der Waals surface area contributed by atoms with Gasteiger partial charge in [-0.05, 0) is 61.0 Å². The first-order valence-electron chi connectivity index (χ1n) is 12.9. The molecule has 1 aromatic heterocycles. The minimum absolute atomic E-state index is 0.0742. The van der Waals surface area contributed by atoms with E-state index in [1.807, 2.05) is 4.68 Å². The maximum absolute atomic E-state index is 6.67. The van der Waals surface area contributed by atoms with E-state index in [4.69, 9.17) is 20.0 Å². The molecule has 7 heteroatoms. The van der Waals surface area contributed by atoms with Crippen molar-refractivity contribution in [2.75, 3.05) is 13.2 Å². The Kier molecular flexibility index (Phi) is 10.8. The minimum atomic E-state index is -1.78. The number of rotatable bonds is 14. The number of aromatic nitrogens is 2. The Hall–Kier alpha value is -1.26. The van der Waals surface area contributed by atoms with Gasteiger partial charge < -0.3 is 14.9 Å². The average molecular weight is 504 g/mol. The molecule has 0 bridgehead atoms. The second kappa shape index (κ2) is 12.6. The van der Waals surface area contributed by atoms with Gasteiger partial charge in [0.15, 0.2) is 8.32 Å². The standard InChI is InChI=1S/C27H49N3O2Si2/c1-27(2,3)34(7,8)32-18-17-24-21-30(22-31-19-20-33(4,5)6)29-26(24)25(28)16-12-15-23-13-10-9-11-14-23/h9-11,13-14,21,25H,12,15-20,22,28H2,1-8H3. The summed E-state index contributed by atoms with van der Waals surface area (Å²) in [5, 5.41) is 5.07. The Morgan fingerprint density at radius 2 is 1.68 bits per heavy atom. The van der Waals surface area contributed by atoms with E-state index in [1.54, 1.807) is 0 Å². The first kappa shape index (κ1) is 29.0. The second-order valence-electron chi connectivity index (χ2n) is 12.3. The van der Waals surface area contributed by atoms with Crippen molar-refractivity contribution in [3.05, 3.63) is 53.3 Å². The van der Waals surface area contributed by atoms with Crippen LogP contribution in [0, 0.1) is 0 Å². The highest BCUT2D eigenvalue weighted by Crippen LogP contribution is 2.36. The van der Waals surface area contributed by atoms with E-state index in [-0.39, 0.29) is 11.1 Å². The monoisotopic (exact) mass is 503 g/mol. The zero-order valence-electron chi connectivity index (χ0n) is 23.0. The molecule has 0 radical (unpaired) electrons. The van der Waals surface area contributed by atoms with Crippen LogP contribution in [-0.2, 0) is 28.7 Å². The Morgan fingerprint density at radius 3 is 2.29 bits per heavy atom. The van der Waals surface area contributed by atoms with Crippen LogP contribution >= 0.6 is 0 Å². The van der Waals surface area contributed by atoms with Crippen molar-refractivity contribution in [3.8, 4) is 0 Å². The summed E-state index contributed by atoms with van der Waals surface area (Å²) in [5.41, 5.74) is 10.2. The Bertz CT molecular complexity index is 855. The number of nitrogens with two attached hydrogens (primary N) is 1. The van der Waals surface area contributed by atoms with Gasteiger partial charge in [0.05, 0.1) is 5.69 Å². The number of ether oxygens (including phenoxy) is 1. The van der Waals surface area contributed by atoms with Crippen LogP contribution in [-0.4, -0.2) is 39.4 Å². The SMILES string of the molecule is CC(C)(C)[Si](C)(C)OCCc1cn(COCC[Si](C)(C)C)nc1C(N)CCCc1ccccc1. The van der Waals surface area contributed by atoms with Crippen LogP contribution in [0.15, 0.2) is 36.5 Å². The molecule has 0 saturated carbocycles. The summed E-state index contributed by atoms with van der Waals surface area (Å²) < 4.78 is 14.3. The molecular formula is C27H49N3O2Si2. The molecule has 34 heavy (non-hydrogen) atoms. The van der Waals surface area contributed by atoms with Crippen molar-refractivity contribution >= 4 is 16.4 Å². The molecule has 1 atom stereocenters. The maximum Gasteiger partial charge on any atom is 0.191 e. The molecule has 0 fully saturated rings. The molecule has 0 aliphatic heterocycles. The molecular weight excluding hydrogens is 454 g/mol. The Labute approximate surface area is 210 Å². The fraction of sp³-hybridized carbons (Fsp3) is 0.667. The van der Waals surface area contributed by atoms with Crippen LogP contribution in [0.1, 0.15) is 56.5 Å². The minimum Gasteiger partial charge on any atom is -0.416 e. The fourth-order valence-electron chi connectivity index (χ4n) is 3.53. The van der Waals surface area contributed by atoms with Crippen LogP contribution in [0.2, 0.25) is 43.8 Å². The molecule has 1 heterocycles. The molecule has 2 aromatic rings. The lowest BCUT2D eigenvalue weighted by Gasteiger charge is -2.36. The third-order valence-electron chi connectivity index (χ3n) is 6.91.